The Bertz CT molecular complexity index is 1520. The molecule has 1 aliphatic heterocycles. The van der Waals surface area contributed by atoms with Gasteiger partial charge in [-0.15, -0.1) is 0 Å². The summed E-state index contributed by atoms with van der Waals surface area (Å²) in [6.07, 6.45) is 6.32. The summed E-state index contributed by atoms with van der Waals surface area (Å²) in [5.74, 6) is 0.367. The first kappa shape index (κ1) is 30.7. The van der Waals surface area contributed by atoms with Crippen LogP contribution >= 0.6 is 11.8 Å². The van der Waals surface area contributed by atoms with Crippen molar-refractivity contribution in [1.82, 2.24) is 19.4 Å². The first-order valence-corrected chi connectivity index (χ1v) is 16.0. The van der Waals surface area contributed by atoms with Crippen LogP contribution in [0, 0.1) is 5.92 Å². The number of nitrogens with one attached hydrogen (secondary N) is 1. The molecule has 2 unspecified atom stereocenters. The third-order valence-corrected chi connectivity index (χ3v) is 9.42. The van der Waals surface area contributed by atoms with Crippen LogP contribution in [-0.2, 0) is 20.9 Å². The molecule has 3 heterocycles. The van der Waals surface area contributed by atoms with Crippen LogP contribution in [0.1, 0.15) is 56.4 Å². The summed E-state index contributed by atoms with van der Waals surface area (Å²) in [6, 6.07) is 13.5. The van der Waals surface area contributed by atoms with Crippen molar-refractivity contribution in [2.24, 2.45) is 11.7 Å². The maximum Gasteiger partial charge on any atom is 0.280 e. The molecule has 1 saturated heterocycles. The molecule has 1 aliphatic carbocycles. The van der Waals surface area contributed by atoms with Crippen molar-refractivity contribution in [2.75, 3.05) is 29.9 Å². The van der Waals surface area contributed by atoms with Crippen molar-refractivity contribution < 1.29 is 19.5 Å². The van der Waals surface area contributed by atoms with Crippen molar-refractivity contribution in [2.45, 2.75) is 63.0 Å². The smallest absolute Gasteiger partial charge is 0.280 e. The molecule has 2 atom stereocenters. The highest BCUT2D eigenvalue weighted by Crippen LogP contribution is 2.39. The summed E-state index contributed by atoms with van der Waals surface area (Å²) in [6.45, 7) is 0.882. The highest BCUT2D eigenvalue weighted by atomic mass is 32.2. The number of pyridine rings is 1. The SMILES string of the molecule is NC(=O)CSCCC(=O)Nc1ccc2ncn(CC3(O)CCN(C(=O)C4CCCCC4c4ccccc4)CC3)c(=O)c2n1. The van der Waals surface area contributed by atoms with Crippen molar-refractivity contribution in [3.05, 3.63) is 64.7 Å². The highest BCUT2D eigenvalue weighted by molar-refractivity contribution is 7.99. The van der Waals surface area contributed by atoms with Crippen LogP contribution in [-0.4, -0.2) is 72.5 Å². The van der Waals surface area contributed by atoms with E-state index in [1.54, 1.807) is 12.1 Å². The maximum absolute atomic E-state index is 13.6. The van der Waals surface area contributed by atoms with Gasteiger partial charge in [0.1, 0.15) is 5.82 Å². The van der Waals surface area contributed by atoms with Crippen LogP contribution in [0.3, 0.4) is 0 Å². The Balaban J connectivity index is 1.21. The fourth-order valence-corrected chi connectivity index (χ4v) is 6.81. The van der Waals surface area contributed by atoms with Gasteiger partial charge in [-0.1, -0.05) is 43.2 Å². The number of carbonyl (C=O) groups excluding carboxylic acids is 3. The van der Waals surface area contributed by atoms with Gasteiger partial charge < -0.3 is 21.1 Å². The van der Waals surface area contributed by atoms with Crippen molar-refractivity contribution in [3.8, 4) is 0 Å². The van der Waals surface area contributed by atoms with Crippen LogP contribution in [0.25, 0.3) is 11.0 Å². The largest absolute Gasteiger partial charge is 0.388 e. The number of carbonyl (C=O) groups is 3. The number of anilines is 1. The van der Waals surface area contributed by atoms with Gasteiger partial charge in [-0.25, -0.2) is 9.97 Å². The Morgan fingerprint density at radius 2 is 1.81 bits per heavy atom. The quantitative estimate of drug-likeness (QED) is 0.297. The molecule has 5 rings (SSSR count). The number of nitrogens with zero attached hydrogens (tertiary/aromatic N) is 4. The number of primary amides is 1. The van der Waals surface area contributed by atoms with Gasteiger partial charge in [-0.2, -0.15) is 11.8 Å². The van der Waals surface area contributed by atoms with Gasteiger partial charge in [0.2, 0.25) is 17.7 Å². The fourth-order valence-electron chi connectivity index (χ4n) is 6.14. The van der Waals surface area contributed by atoms with Gasteiger partial charge >= 0.3 is 0 Å². The predicted molar refractivity (Wildman–Crippen MR) is 165 cm³/mol. The highest BCUT2D eigenvalue weighted by Gasteiger charge is 2.39. The van der Waals surface area contributed by atoms with E-state index in [0.29, 0.717) is 37.2 Å². The minimum Gasteiger partial charge on any atom is -0.388 e. The molecule has 2 aromatic heterocycles. The first-order valence-electron chi connectivity index (χ1n) is 14.8. The number of rotatable bonds is 10. The number of aromatic nitrogens is 3. The zero-order valence-electron chi connectivity index (χ0n) is 24.1. The topological polar surface area (TPSA) is 161 Å². The lowest BCUT2D eigenvalue weighted by atomic mass is 9.74. The lowest BCUT2D eigenvalue weighted by Gasteiger charge is -2.41. The third kappa shape index (κ3) is 7.61. The number of likely N-dealkylation sites (tertiary alicyclic amines) is 1. The van der Waals surface area contributed by atoms with Crippen LogP contribution in [0.15, 0.2) is 53.6 Å². The monoisotopic (exact) mass is 606 g/mol. The lowest BCUT2D eigenvalue weighted by Crippen LogP contribution is -2.51. The summed E-state index contributed by atoms with van der Waals surface area (Å²) in [7, 11) is 0. The molecule has 43 heavy (non-hydrogen) atoms. The molecule has 228 valence electrons. The number of piperidine rings is 1. The zero-order valence-corrected chi connectivity index (χ0v) is 24.9. The van der Waals surface area contributed by atoms with Gasteiger partial charge in [0, 0.05) is 31.2 Å². The molecule has 3 aromatic rings. The van der Waals surface area contributed by atoms with Gasteiger partial charge in [-0.3, -0.25) is 23.7 Å². The molecular formula is C31H38N6O5S. The summed E-state index contributed by atoms with van der Waals surface area (Å²) in [5.41, 5.74) is 5.20. The minimum atomic E-state index is -1.17. The minimum absolute atomic E-state index is 0.0300. The van der Waals surface area contributed by atoms with E-state index in [-0.39, 0.29) is 53.7 Å². The van der Waals surface area contributed by atoms with Crippen LogP contribution in [0.2, 0.25) is 0 Å². The average molecular weight is 607 g/mol. The number of hydrogen-bond donors (Lipinski definition) is 3. The van der Waals surface area contributed by atoms with Crippen LogP contribution < -0.4 is 16.6 Å². The van der Waals surface area contributed by atoms with E-state index < -0.39 is 17.1 Å². The Morgan fingerprint density at radius 1 is 1.07 bits per heavy atom. The average Bonchev–Trinajstić information content (AvgIpc) is 3.01. The summed E-state index contributed by atoms with van der Waals surface area (Å²) in [4.78, 5) is 60.6. The molecule has 11 nitrogen and oxygen atoms in total. The van der Waals surface area contributed by atoms with E-state index in [1.807, 2.05) is 23.1 Å². The second-order valence-electron chi connectivity index (χ2n) is 11.5. The van der Waals surface area contributed by atoms with Crippen molar-refractivity contribution >= 4 is 46.3 Å². The molecule has 0 spiro atoms. The Morgan fingerprint density at radius 3 is 2.56 bits per heavy atom. The van der Waals surface area contributed by atoms with Crippen LogP contribution in [0.5, 0.6) is 0 Å². The second-order valence-corrected chi connectivity index (χ2v) is 12.6. The molecule has 0 bridgehead atoms. The number of nitrogens with two attached hydrogens (primary N) is 1. The summed E-state index contributed by atoms with van der Waals surface area (Å²) in [5, 5.41) is 14.1. The van der Waals surface area contributed by atoms with Crippen LogP contribution in [0.4, 0.5) is 5.82 Å². The molecule has 12 heteroatoms. The van der Waals surface area contributed by atoms with Crippen molar-refractivity contribution in [1.29, 1.82) is 0 Å². The molecule has 0 radical (unpaired) electrons. The Hall–Kier alpha value is -3.77. The zero-order chi connectivity index (χ0) is 30.4. The lowest BCUT2D eigenvalue weighted by molar-refractivity contribution is -0.142. The van der Waals surface area contributed by atoms with E-state index in [4.69, 9.17) is 5.73 Å². The van der Waals surface area contributed by atoms with E-state index in [0.717, 1.165) is 25.7 Å². The van der Waals surface area contributed by atoms with Gasteiger partial charge in [0.25, 0.3) is 5.56 Å². The standard InChI is InChI=1S/C31H38N6O5S/c32-25(38)18-43-17-12-27(39)34-26-11-10-24-28(35-26)30(41)37(20-33-24)19-31(42)13-15-36(16-14-31)29(40)23-9-5-4-8-22(23)21-6-2-1-3-7-21/h1-3,6-7,10-11,20,22-23,42H,4-5,8-9,12-19H2,(H2,32,38)(H,34,35,39). The normalized spacial score (nSPS) is 20.1. The number of amides is 3. The van der Waals surface area contributed by atoms with E-state index >= 15 is 0 Å². The Kier molecular flexibility index (Phi) is 9.76. The molecule has 4 N–H and O–H groups in total. The summed E-state index contributed by atoms with van der Waals surface area (Å²) >= 11 is 1.27. The van der Waals surface area contributed by atoms with E-state index in [2.05, 4.69) is 27.4 Å². The third-order valence-electron chi connectivity index (χ3n) is 8.44. The molecule has 2 fully saturated rings. The number of aliphatic hydroxyl groups is 1. The van der Waals surface area contributed by atoms with Gasteiger partial charge in [0.05, 0.1) is 29.7 Å². The molecule has 3 amide bonds. The molecule has 2 aliphatic rings. The number of thioether (sulfide) groups is 1. The van der Waals surface area contributed by atoms with E-state index in [1.165, 1.54) is 28.2 Å². The summed E-state index contributed by atoms with van der Waals surface area (Å²) < 4.78 is 1.35. The number of benzene rings is 1. The van der Waals surface area contributed by atoms with Gasteiger partial charge in [-0.05, 0) is 49.3 Å². The molecule has 1 saturated carbocycles. The van der Waals surface area contributed by atoms with E-state index in [9.17, 15) is 24.3 Å². The first-order chi connectivity index (χ1) is 20.7. The predicted octanol–water partition coefficient (Wildman–Crippen LogP) is 2.67. The van der Waals surface area contributed by atoms with Gasteiger partial charge in [0.15, 0.2) is 5.52 Å². The number of fused-ring (bicyclic) bond motifs is 1. The molecule has 1 aromatic carbocycles. The number of hydrogen-bond acceptors (Lipinski definition) is 8. The fraction of sp³-hybridized carbons (Fsp3) is 0.484. The Labute approximate surface area is 254 Å². The molecular weight excluding hydrogens is 568 g/mol. The maximum atomic E-state index is 13.6. The van der Waals surface area contributed by atoms with Crippen molar-refractivity contribution in [3.63, 3.8) is 0 Å². The second kappa shape index (κ2) is 13.7.